The molecule has 28 heavy (non-hydrogen) atoms. The first-order chi connectivity index (χ1) is 13.7. The van der Waals surface area contributed by atoms with E-state index in [4.69, 9.17) is 11.6 Å². The van der Waals surface area contributed by atoms with Gasteiger partial charge < -0.3 is 0 Å². The van der Waals surface area contributed by atoms with Crippen LogP contribution in [0.2, 0.25) is 5.15 Å². The largest absolute Gasteiger partial charge is 0.274 e. The Hall–Kier alpha value is -2.64. The fraction of sp³-hybridized carbons (Fsp3) is 0.200. The molecule has 1 aliphatic carbocycles. The lowest BCUT2D eigenvalue weighted by molar-refractivity contribution is 0.640. The molecule has 0 aliphatic heterocycles. The number of fused-ring (bicyclic) bond motifs is 1. The molecule has 8 heteroatoms. The standard InChI is InChI=1S/C20H16ClN5OS/c21-19-13(2-1-7-22-19)11-26-20(27)18-6-5-16(8-14(18)9-23-26)28-17-10-24-25(12-17)15-3-4-15/h1-2,5-10,12,15H,3-4,11H2. The Morgan fingerprint density at radius 1 is 1.14 bits per heavy atom. The zero-order valence-corrected chi connectivity index (χ0v) is 16.4. The maximum absolute atomic E-state index is 12.8. The number of hydrogen-bond acceptors (Lipinski definition) is 5. The summed E-state index contributed by atoms with van der Waals surface area (Å²) >= 11 is 7.74. The molecule has 0 atom stereocenters. The summed E-state index contributed by atoms with van der Waals surface area (Å²) in [6.07, 6.45) is 9.74. The lowest BCUT2D eigenvalue weighted by atomic mass is 10.2. The second kappa shape index (κ2) is 7.07. The van der Waals surface area contributed by atoms with Gasteiger partial charge in [-0.3, -0.25) is 9.48 Å². The van der Waals surface area contributed by atoms with E-state index in [1.807, 2.05) is 35.1 Å². The fourth-order valence-electron chi connectivity index (χ4n) is 3.09. The normalized spacial score (nSPS) is 13.9. The number of rotatable bonds is 5. The fourth-order valence-corrected chi connectivity index (χ4v) is 4.12. The monoisotopic (exact) mass is 409 g/mol. The molecule has 0 N–H and O–H groups in total. The first-order valence-corrected chi connectivity index (χ1v) is 10.2. The Balaban J connectivity index is 1.42. The third-order valence-corrected chi connectivity index (χ3v) is 5.99. The predicted octanol–water partition coefficient (Wildman–Crippen LogP) is 4.18. The van der Waals surface area contributed by atoms with E-state index in [0.717, 1.165) is 20.7 Å². The van der Waals surface area contributed by atoms with Crippen molar-refractivity contribution in [3.63, 3.8) is 0 Å². The van der Waals surface area contributed by atoms with Gasteiger partial charge in [0.1, 0.15) is 5.15 Å². The molecule has 0 spiro atoms. The minimum Gasteiger partial charge on any atom is -0.269 e. The van der Waals surface area contributed by atoms with E-state index >= 15 is 0 Å². The van der Waals surface area contributed by atoms with E-state index in [2.05, 4.69) is 21.4 Å². The summed E-state index contributed by atoms with van der Waals surface area (Å²) in [4.78, 5) is 19.0. The summed E-state index contributed by atoms with van der Waals surface area (Å²) < 4.78 is 3.45. The van der Waals surface area contributed by atoms with Crippen LogP contribution in [0.4, 0.5) is 0 Å². The Kier molecular flexibility index (Phi) is 4.41. The van der Waals surface area contributed by atoms with Crippen molar-refractivity contribution >= 4 is 34.1 Å². The van der Waals surface area contributed by atoms with Crippen LogP contribution in [0.5, 0.6) is 0 Å². The number of aromatic nitrogens is 5. The highest BCUT2D eigenvalue weighted by Crippen LogP contribution is 2.36. The van der Waals surface area contributed by atoms with Gasteiger partial charge in [-0.1, -0.05) is 29.4 Å². The van der Waals surface area contributed by atoms with Crippen LogP contribution in [0.25, 0.3) is 10.8 Å². The van der Waals surface area contributed by atoms with Gasteiger partial charge in [-0.25, -0.2) is 9.67 Å². The summed E-state index contributed by atoms with van der Waals surface area (Å²) in [7, 11) is 0. The molecule has 0 amide bonds. The van der Waals surface area contributed by atoms with Crippen LogP contribution in [0.1, 0.15) is 24.4 Å². The van der Waals surface area contributed by atoms with E-state index in [1.165, 1.54) is 17.5 Å². The van der Waals surface area contributed by atoms with Crippen molar-refractivity contribution < 1.29 is 0 Å². The highest BCUT2D eigenvalue weighted by Gasteiger charge is 2.24. The van der Waals surface area contributed by atoms with Gasteiger partial charge in [-0.2, -0.15) is 10.2 Å². The minimum absolute atomic E-state index is 0.143. The SMILES string of the molecule is O=c1c2ccc(Sc3cnn(C4CC4)c3)cc2cnn1Cc1cccnc1Cl. The van der Waals surface area contributed by atoms with Gasteiger partial charge in [0.25, 0.3) is 5.56 Å². The molecule has 3 aromatic heterocycles. The first-order valence-electron chi connectivity index (χ1n) is 8.99. The Labute approximate surface area is 170 Å². The topological polar surface area (TPSA) is 65.6 Å². The van der Waals surface area contributed by atoms with Crippen molar-refractivity contribution in [2.45, 2.75) is 35.2 Å². The molecule has 140 valence electrons. The number of benzene rings is 1. The Morgan fingerprint density at radius 2 is 2.04 bits per heavy atom. The van der Waals surface area contributed by atoms with Crippen molar-refractivity contribution in [2.24, 2.45) is 0 Å². The minimum atomic E-state index is -0.143. The van der Waals surface area contributed by atoms with Gasteiger partial charge in [-0.05, 0) is 37.1 Å². The molecule has 3 heterocycles. The van der Waals surface area contributed by atoms with Crippen LogP contribution in [0.15, 0.2) is 69.7 Å². The molecule has 0 unspecified atom stereocenters. The van der Waals surface area contributed by atoms with Gasteiger partial charge in [0.15, 0.2) is 0 Å². The zero-order chi connectivity index (χ0) is 19.1. The quantitative estimate of drug-likeness (QED) is 0.463. The summed E-state index contributed by atoms with van der Waals surface area (Å²) in [5.41, 5.74) is 0.619. The van der Waals surface area contributed by atoms with Gasteiger partial charge in [0.05, 0.1) is 35.3 Å². The van der Waals surface area contributed by atoms with E-state index in [0.29, 0.717) is 16.6 Å². The highest BCUT2D eigenvalue weighted by molar-refractivity contribution is 7.99. The second-order valence-electron chi connectivity index (χ2n) is 6.80. The zero-order valence-electron chi connectivity index (χ0n) is 14.8. The van der Waals surface area contributed by atoms with E-state index in [1.54, 1.807) is 30.2 Å². The van der Waals surface area contributed by atoms with E-state index < -0.39 is 0 Å². The Bertz CT molecular complexity index is 1230. The third-order valence-electron chi connectivity index (χ3n) is 4.72. The summed E-state index contributed by atoms with van der Waals surface area (Å²) in [6, 6.07) is 10.0. The molecular formula is C20H16ClN5OS. The van der Waals surface area contributed by atoms with Gasteiger partial charge >= 0.3 is 0 Å². The third kappa shape index (κ3) is 3.43. The number of pyridine rings is 1. The molecule has 1 aromatic carbocycles. The summed E-state index contributed by atoms with van der Waals surface area (Å²) in [5.74, 6) is 0. The van der Waals surface area contributed by atoms with Gasteiger partial charge in [0.2, 0.25) is 0 Å². The number of hydrogen-bond donors (Lipinski definition) is 0. The van der Waals surface area contributed by atoms with Crippen molar-refractivity contribution in [1.29, 1.82) is 0 Å². The molecule has 0 radical (unpaired) electrons. The van der Waals surface area contributed by atoms with Crippen LogP contribution in [0.3, 0.4) is 0 Å². The molecular weight excluding hydrogens is 394 g/mol. The van der Waals surface area contributed by atoms with Crippen molar-refractivity contribution in [3.8, 4) is 0 Å². The average molecular weight is 410 g/mol. The Morgan fingerprint density at radius 3 is 2.86 bits per heavy atom. The van der Waals surface area contributed by atoms with Crippen LogP contribution in [-0.2, 0) is 6.54 Å². The van der Waals surface area contributed by atoms with Crippen LogP contribution < -0.4 is 5.56 Å². The van der Waals surface area contributed by atoms with Crippen LogP contribution >= 0.6 is 23.4 Å². The maximum Gasteiger partial charge on any atom is 0.274 e. The first kappa shape index (κ1) is 17.5. The van der Waals surface area contributed by atoms with Gasteiger partial charge in [0, 0.05) is 28.2 Å². The molecule has 0 bridgehead atoms. The van der Waals surface area contributed by atoms with Gasteiger partial charge in [-0.15, -0.1) is 0 Å². The van der Waals surface area contributed by atoms with Crippen LogP contribution in [-0.4, -0.2) is 24.5 Å². The molecule has 4 aromatic rings. The molecule has 5 rings (SSSR count). The number of halogens is 1. The molecule has 1 fully saturated rings. The number of nitrogens with zero attached hydrogens (tertiary/aromatic N) is 5. The summed E-state index contributed by atoms with van der Waals surface area (Å²) in [6.45, 7) is 0.290. The van der Waals surface area contributed by atoms with E-state index in [9.17, 15) is 4.79 Å². The smallest absolute Gasteiger partial charge is 0.269 e. The van der Waals surface area contributed by atoms with Crippen molar-refractivity contribution in [1.82, 2.24) is 24.5 Å². The summed E-state index contributed by atoms with van der Waals surface area (Å²) in [5, 5.41) is 10.6. The molecule has 1 saturated carbocycles. The lowest BCUT2D eigenvalue weighted by Crippen LogP contribution is -2.23. The van der Waals surface area contributed by atoms with Crippen molar-refractivity contribution in [3.05, 3.63) is 76.2 Å². The lowest BCUT2D eigenvalue weighted by Gasteiger charge is -2.08. The maximum atomic E-state index is 12.8. The molecule has 6 nitrogen and oxygen atoms in total. The average Bonchev–Trinajstić information content (AvgIpc) is 3.45. The second-order valence-corrected chi connectivity index (χ2v) is 8.30. The van der Waals surface area contributed by atoms with E-state index in [-0.39, 0.29) is 12.1 Å². The van der Waals surface area contributed by atoms with Crippen molar-refractivity contribution in [2.75, 3.05) is 0 Å². The molecule has 0 saturated heterocycles. The van der Waals surface area contributed by atoms with Crippen LogP contribution in [0, 0.1) is 0 Å². The predicted molar refractivity (Wildman–Crippen MR) is 109 cm³/mol. The molecule has 1 aliphatic rings. The highest BCUT2D eigenvalue weighted by atomic mass is 35.5.